The molecule has 1 heterocycles. The van der Waals surface area contributed by atoms with Crippen LogP contribution >= 0.6 is 11.6 Å². The van der Waals surface area contributed by atoms with Gasteiger partial charge in [0.1, 0.15) is 18.3 Å². The molecule has 4 heteroatoms. The van der Waals surface area contributed by atoms with Crippen LogP contribution in [-0.4, -0.2) is 23.9 Å². The van der Waals surface area contributed by atoms with Crippen LogP contribution in [0.3, 0.4) is 0 Å². The van der Waals surface area contributed by atoms with Gasteiger partial charge in [0.15, 0.2) is 0 Å². The first-order chi connectivity index (χ1) is 9.75. The van der Waals surface area contributed by atoms with Crippen molar-refractivity contribution >= 4 is 17.5 Å². The highest BCUT2D eigenvalue weighted by Crippen LogP contribution is 2.34. The Hall–Kier alpha value is -1.22. The molecule has 1 aromatic rings. The summed E-state index contributed by atoms with van der Waals surface area (Å²) in [6, 6.07) is 7.86. The van der Waals surface area contributed by atoms with E-state index < -0.39 is 0 Å². The molecule has 3 rings (SSSR count). The summed E-state index contributed by atoms with van der Waals surface area (Å²) in [4.78, 5) is 12.5. The number of nitrogens with one attached hydrogen (secondary N) is 1. The molecule has 1 aliphatic heterocycles. The molecule has 0 spiro atoms. The van der Waals surface area contributed by atoms with Gasteiger partial charge in [0.25, 0.3) is 0 Å². The summed E-state index contributed by atoms with van der Waals surface area (Å²) in [7, 11) is 0. The van der Waals surface area contributed by atoms with Crippen LogP contribution in [0.15, 0.2) is 24.3 Å². The molecule has 108 valence electrons. The highest BCUT2D eigenvalue weighted by molar-refractivity contribution is 6.21. The third kappa shape index (κ3) is 2.78. The molecule has 0 aromatic heterocycles. The van der Waals surface area contributed by atoms with Gasteiger partial charge in [0.2, 0.25) is 5.91 Å². The number of carbonyl (C=O) groups is 1. The topological polar surface area (TPSA) is 38.3 Å². The standard InChI is InChI=1S/C16H20ClNO2/c17-13-7-2-1-3-8-14(13)18-16(19)12-10-20-15-9-5-4-6-11(12)15/h4-6,9,12-14H,1-3,7-8,10H2,(H,18,19). The van der Waals surface area contributed by atoms with Crippen molar-refractivity contribution in [3.05, 3.63) is 29.8 Å². The summed E-state index contributed by atoms with van der Waals surface area (Å²) in [5.74, 6) is 0.682. The zero-order valence-corrected chi connectivity index (χ0v) is 12.2. The fourth-order valence-electron chi connectivity index (χ4n) is 3.09. The van der Waals surface area contributed by atoms with E-state index in [0.717, 1.165) is 37.0 Å². The van der Waals surface area contributed by atoms with Gasteiger partial charge in [0.05, 0.1) is 5.38 Å². The van der Waals surface area contributed by atoms with E-state index in [0.29, 0.717) is 6.61 Å². The van der Waals surface area contributed by atoms with Crippen molar-refractivity contribution in [3.63, 3.8) is 0 Å². The van der Waals surface area contributed by atoms with Crippen LogP contribution in [0, 0.1) is 0 Å². The maximum Gasteiger partial charge on any atom is 0.231 e. The van der Waals surface area contributed by atoms with E-state index in [9.17, 15) is 4.79 Å². The second-order valence-electron chi connectivity index (χ2n) is 5.67. The zero-order valence-electron chi connectivity index (χ0n) is 11.5. The number of ether oxygens (including phenoxy) is 1. The van der Waals surface area contributed by atoms with Gasteiger partial charge in [-0.25, -0.2) is 0 Å². The lowest BCUT2D eigenvalue weighted by Crippen LogP contribution is -2.43. The first-order valence-electron chi connectivity index (χ1n) is 7.42. The minimum atomic E-state index is -0.196. The minimum absolute atomic E-state index is 0.0486. The van der Waals surface area contributed by atoms with Crippen molar-refractivity contribution in [1.82, 2.24) is 5.32 Å². The molecule has 0 radical (unpaired) electrons. The summed E-state index contributed by atoms with van der Waals surface area (Å²) >= 11 is 6.39. The SMILES string of the molecule is O=C(NC1CCCCCC1Cl)C1COc2ccccc21. The summed E-state index contributed by atoms with van der Waals surface area (Å²) in [6.07, 6.45) is 5.49. The van der Waals surface area contributed by atoms with Crippen LogP contribution in [0.2, 0.25) is 0 Å². The third-order valence-electron chi connectivity index (χ3n) is 4.28. The molecule has 0 saturated heterocycles. The summed E-state index contributed by atoms with van der Waals surface area (Å²) in [5.41, 5.74) is 0.991. The Morgan fingerprint density at radius 3 is 2.90 bits per heavy atom. The lowest BCUT2D eigenvalue weighted by Gasteiger charge is -2.22. The van der Waals surface area contributed by atoms with E-state index in [1.54, 1.807) is 0 Å². The van der Waals surface area contributed by atoms with Crippen LogP contribution in [0.4, 0.5) is 0 Å². The number of rotatable bonds is 2. The summed E-state index contributed by atoms with van der Waals surface area (Å²) in [5, 5.41) is 3.20. The Balaban J connectivity index is 1.68. The molecule has 3 atom stereocenters. The average molecular weight is 294 g/mol. The van der Waals surface area contributed by atoms with Gasteiger partial charge < -0.3 is 10.1 Å². The Morgan fingerprint density at radius 1 is 1.20 bits per heavy atom. The molecular formula is C16H20ClNO2. The number of para-hydroxylation sites is 1. The Morgan fingerprint density at radius 2 is 2.00 bits per heavy atom. The second kappa shape index (κ2) is 6.04. The normalized spacial score (nSPS) is 29.1. The number of halogens is 1. The molecule has 1 N–H and O–H groups in total. The van der Waals surface area contributed by atoms with E-state index in [-0.39, 0.29) is 23.2 Å². The van der Waals surface area contributed by atoms with Crippen LogP contribution < -0.4 is 10.1 Å². The fraction of sp³-hybridized carbons (Fsp3) is 0.562. The second-order valence-corrected chi connectivity index (χ2v) is 6.23. The maximum atomic E-state index is 12.5. The molecule has 1 amide bonds. The van der Waals surface area contributed by atoms with Crippen molar-refractivity contribution in [2.75, 3.05) is 6.61 Å². The lowest BCUT2D eigenvalue weighted by molar-refractivity contribution is -0.123. The van der Waals surface area contributed by atoms with E-state index in [1.807, 2.05) is 24.3 Å². The minimum Gasteiger partial charge on any atom is -0.492 e. The van der Waals surface area contributed by atoms with Gasteiger partial charge in [0, 0.05) is 11.6 Å². The van der Waals surface area contributed by atoms with Gasteiger partial charge >= 0.3 is 0 Å². The van der Waals surface area contributed by atoms with Crippen LogP contribution in [0.5, 0.6) is 5.75 Å². The molecule has 0 bridgehead atoms. The number of fused-ring (bicyclic) bond motifs is 1. The largest absolute Gasteiger partial charge is 0.492 e. The van der Waals surface area contributed by atoms with Crippen molar-refractivity contribution in [3.8, 4) is 5.75 Å². The monoisotopic (exact) mass is 293 g/mol. The quantitative estimate of drug-likeness (QED) is 0.672. The van der Waals surface area contributed by atoms with Crippen molar-refractivity contribution in [2.45, 2.75) is 49.4 Å². The van der Waals surface area contributed by atoms with Crippen LogP contribution in [-0.2, 0) is 4.79 Å². The van der Waals surface area contributed by atoms with Gasteiger partial charge in [-0.3, -0.25) is 4.79 Å². The summed E-state index contributed by atoms with van der Waals surface area (Å²) in [6.45, 7) is 0.435. The van der Waals surface area contributed by atoms with Gasteiger partial charge in [-0.15, -0.1) is 11.6 Å². The zero-order chi connectivity index (χ0) is 13.9. The number of hydrogen-bond acceptors (Lipinski definition) is 2. The number of benzene rings is 1. The van der Waals surface area contributed by atoms with E-state index in [2.05, 4.69) is 5.32 Å². The Kier molecular flexibility index (Phi) is 4.16. The highest BCUT2D eigenvalue weighted by atomic mass is 35.5. The molecule has 3 unspecified atom stereocenters. The summed E-state index contributed by atoms with van der Waals surface area (Å²) < 4.78 is 5.58. The molecule has 1 aliphatic carbocycles. The average Bonchev–Trinajstić information content (AvgIpc) is 2.79. The first-order valence-corrected chi connectivity index (χ1v) is 7.85. The fourth-order valence-corrected chi connectivity index (χ4v) is 3.43. The van der Waals surface area contributed by atoms with Crippen molar-refractivity contribution < 1.29 is 9.53 Å². The van der Waals surface area contributed by atoms with E-state index in [1.165, 1.54) is 6.42 Å². The molecule has 1 saturated carbocycles. The maximum absolute atomic E-state index is 12.5. The number of hydrogen-bond donors (Lipinski definition) is 1. The lowest BCUT2D eigenvalue weighted by atomic mass is 9.99. The van der Waals surface area contributed by atoms with Gasteiger partial charge in [-0.2, -0.15) is 0 Å². The van der Waals surface area contributed by atoms with Gasteiger partial charge in [-0.05, 0) is 18.9 Å². The van der Waals surface area contributed by atoms with Crippen molar-refractivity contribution in [1.29, 1.82) is 0 Å². The van der Waals surface area contributed by atoms with Crippen molar-refractivity contribution in [2.24, 2.45) is 0 Å². The molecular weight excluding hydrogens is 274 g/mol. The van der Waals surface area contributed by atoms with Crippen LogP contribution in [0.25, 0.3) is 0 Å². The Labute approximate surface area is 124 Å². The van der Waals surface area contributed by atoms with E-state index >= 15 is 0 Å². The molecule has 3 nitrogen and oxygen atoms in total. The third-order valence-corrected chi connectivity index (χ3v) is 4.80. The molecule has 1 fully saturated rings. The highest BCUT2D eigenvalue weighted by Gasteiger charge is 2.32. The molecule has 2 aliphatic rings. The number of amides is 1. The van der Waals surface area contributed by atoms with Gasteiger partial charge in [-0.1, -0.05) is 37.5 Å². The Bertz CT molecular complexity index is 491. The predicted octanol–water partition coefficient (Wildman–Crippen LogP) is 3.22. The number of carbonyl (C=O) groups excluding carboxylic acids is 1. The van der Waals surface area contributed by atoms with Crippen LogP contribution in [0.1, 0.15) is 43.6 Å². The predicted molar refractivity (Wildman–Crippen MR) is 79.3 cm³/mol. The van der Waals surface area contributed by atoms with E-state index in [4.69, 9.17) is 16.3 Å². The molecule has 1 aromatic carbocycles. The first kappa shape index (κ1) is 13.7. The number of alkyl halides is 1. The molecule has 20 heavy (non-hydrogen) atoms. The smallest absolute Gasteiger partial charge is 0.231 e.